The molecule has 20 heavy (non-hydrogen) atoms. The molecule has 0 unspecified atom stereocenters. The lowest BCUT2D eigenvalue weighted by molar-refractivity contribution is 0.0809. The molecule has 0 amide bonds. The zero-order chi connectivity index (χ0) is 14.2. The second-order valence-electron chi connectivity index (χ2n) is 5.39. The van der Waals surface area contributed by atoms with Crippen LogP contribution >= 0.6 is 0 Å². The number of rotatable bonds is 0. The summed E-state index contributed by atoms with van der Waals surface area (Å²) in [5.74, 6) is 6.11. The lowest BCUT2D eigenvalue weighted by Crippen LogP contribution is -2.31. The maximum absolute atomic E-state index is 12.3. The first-order valence-corrected chi connectivity index (χ1v) is 6.36. The molecular weight excluding hydrogens is 254 g/mol. The predicted molar refractivity (Wildman–Crippen MR) is 70.8 cm³/mol. The molecule has 0 atom stereocenters. The molecule has 6 nitrogen and oxygen atoms in total. The number of carbonyl (C=O) groups is 1. The third-order valence-electron chi connectivity index (χ3n) is 3.47. The van der Waals surface area contributed by atoms with Crippen molar-refractivity contribution in [3.63, 3.8) is 0 Å². The van der Waals surface area contributed by atoms with Crippen molar-refractivity contribution in [1.29, 1.82) is 0 Å². The van der Waals surface area contributed by atoms with Crippen molar-refractivity contribution >= 4 is 5.78 Å². The molecule has 0 bridgehead atoms. The standard InChI is InChI=1S/C14H13N5O/c1-14(2)8-7-11-10(13(14)20)5-3-9(15-11)4-6-12-16-18-19-17-12/h3,5H,7-8H2,1-2H3,(H,16,17,18,19). The molecule has 0 spiro atoms. The number of nitrogens with one attached hydrogen (secondary N) is 1. The minimum absolute atomic E-state index is 0.156. The van der Waals surface area contributed by atoms with Crippen molar-refractivity contribution in [1.82, 2.24) is 25.6 Å². The van der Waals surface area contributed by atoms with Crippen molar-refractivity contribution in [3.8, 4) is 11.8 Å². The minimum atomic E-state index is -0.299. The van der Waals surface area contributed by atoms with Crippen LogP contribution in [0.25, 0.3) is 0 Å². The molecule has 0 aromatic carbocycles. The average molecular weight is 267 g/mol. The van der Waals surface area contributed by atoms with Gasteiger partial charge < -0.3 is 0 Å². The Labute approximate surface area is 116 Å². The van der Waals surface area contributed by atoms with Gasteiger partial charge in [-0.15, -0.1) is 5.10 Å². The van der Waals surface area contributed by atoms with Gasteiger partial charge in [0.1, 0.15) is 5.69 Å². The number of carbonyl (C=O) groups excluding carboxylic acids is 1. The van der Waals surface area contributed by atoms with Crippen molar-refractivity contribution in [2.45, 2.75) is 26.7 Å². The Morgan fingerprint density at radius 3 is 2.90 bits per heavy atom. The minimum Gasteiger partial charge on any atom is -0.294 e. The van der Waals surface area contributed by atoms with Crippen molar-refractivity contribution in [2.75, 3.05) is 0 Å². The molecule has 0 saturated heterocycles. The van der Waals surface area contributed by atoms with Crippen LogP contribution in [0.3, 0.4) is 0 Å². The van der Waals surface area contributed by atoms with E-state index in [-0.39, 0.29) is 11.2 Å². The first-order valence-electron chi connectivity index (χ1n) is 6.36. The molecule has 0 aliphatic heterocycles. The first-order chi connectivity index (χ1) is 9.56. The van der Waals surface area contributed by atoms with Crippen LogP contribution in [0, 0.1) is 17.3 Å². The number of fused-ring (bicyclic) bond motifs is 1. The number of aryl methyl sites for hydroxylation is 1. The highest BCUT2D eigenvalue weighted by molar-refractivity contribution is 6.01. The van der Waals surface area contributed by atoms with Crippen LogP contribution in [-0.4, -0.2) is 31.4 Å². The molecule has 1 N–H and O–H groups in total. The summed E-state index contributed by atoms with van der Waals surface area (Å²) in [6.45, 7) is 3.95. The SMILES string of the molecule is CC1(C)CCc2nc(C#Cc3nn[nH]n3)ccc2C1=O. The molecule has 3 rings (SSSR count). The topological polar surface area (TPSA) is 84.4 Å². The Balaban J connectivity index is 1.93. The second-order valence-corrected chi connectivity index (χ2v) is 5.39. The maximum Gasteiger partial charge on any atom is 0.247 e. The Hall–Kier alpha value is -2.55. The molecule has 100 valence electrons. The van der Waals surface area contributed by atoms with E-state index in [9.17, 15) is 4.79 Å². The number of ketones is 1. The van der Waals surface area contributed by atoms with Crippen LogP contribution in [-0.2, 0) is 6.42 Å². The van der Waals surface area contributed by atoms with E-state index in [1.807, 2.05) is 19.9 Å². The van der Waals surface area contributed by atoms with Crippen molar-refractivity contribution < 1.29 is 4.79 Å². The van der Waals surface area contributed by atoms with Gasteiger partial charge in [0.05, 0.1) is 5.69 Å². The number of tetrazole rings is 1. The van der Waals surface area contributed by atoms with Crippen LogP contribution < -0.4 is 0 Å². The van der Waals surface area contributed by atoms with Gasteiger partial charge in [-0.1, -0.05) is 18.9 Å². The molecule has 0 fully saturated rings. The van der Waals surface area contributed by atoms with E-state index in [1.165, 1.54) is 0 Å². The largest absolute Gasteiger partial charge is 0.294 e. The Kier molecular flexibility index (Phi) is 2.83. The van der Waals surface area contributed by atoms with Crippen LogP contribution in [0.1, 0.15) is 47.8 Å². The number of pyridine rings is 1. The fourth-order valence-corrected chi connectivity index (χ4v) is 2.21. The smallest absolute Gasteiger partial charge is 0.247 e. The average Bonchev–Trinajstić information content (AvgIpc) is 2.94. The van der Waals surface area contributed by atoms with Gasteiger partial charge in [0.15, 0.2) is 5.78 Å². The van der Waals surface area contributed by atoms with Crippen molar-refractivity contribution in [3.05, 3.63) is 34.9 Å². The number of hydrogen-bond acceptors (Lipinski definition) is 5. The van der Waals surface area contributed by atoms with E-state index in [4.69, 9.17) is 0 Å². The Bertz CT molecular complexity index is 722. The third kappa shape index (κ3) is 2.18. The van der Waals surface area contributed by atoms with Gasteiger partial charge >= 0.3 is 0 Å². The van der Waals surface area contributed by atoms with Crippen LogP contribution in [0.4, 0.5) is 0 Å². The summed E-state index contributed by atoms with van der Waals surface area (Å²) in [7, 11) is 0. The van der Waals surface area contributed by atoms with Gasteiger partial charge in [-0.3, -0.25) is 4.79 Å². The highest BCUT2D eigenvalue weighted by Gasteiger charge is 2.34. The van der Waals surface area contributed by atoms with E-state index < -0.39 is 0 Å². The summed E-state index contributed by atoms with van der Waals surface area (Å²) in [5, 5.41) is 13.3. The number of aromatic nitrogens is 5. The predicted octanol–water partition coefficient (Wildman–Crippen LogP) is 1.15. The third-order valence-corrected chi connectivity index (χ3v) is 3.47. The molecule has 1 aliphatic carbocycles. The second kappa shape index (κ2) is 4.53. The number of Topliss-reactive ketones (excluding diaryl/α,β-unsaturated/α-hetero) is 1. The van der Waals surface area contributed by atoms with E-state index >= 15 is 0 Å². The number of nitrogens with zero attached hydrogens (tertiary/aromatic N) is 4. The first kappa shape index (κ1) is 12.5. The normalized spacial score (nSPS) is 16.2. The van der Waals surface area contributed by atoms with Gasteiger partial charge in [0, 0.05) is 11.0 Å². The van der Waals surface area contributed by atoms with Crippen LogP contribution in [0.2, 0.25) is 0 Å². The summed E-state index contributed by atoms with van der Waals surface area (Å²) in [6.07, 6.45) is 1.61. The van der Waals surface area contributed by atoms with Crippen molar-refractivity contribution in [2.24, 2.45) is 5.41 Å². The molecule has 0 saturated carbocycles. The summed E-state index contributed by atoms with van der Waals surface area (Å²) in [5.41, 5.74) is 1.86. The zero-order valence-electron chi connectivity index (χ0n) is 11.3. The molecule has 0 radical (unpaired) electrons. The summed E-state index contributed by atoms with van der Waals surface area (Å²) >= 11 is 0. The van der Waals surface area contributed by atoms with E-state index in [0.717, 1.165) is 18.5 Å². The molecule has 2 aromatic heterocycles. The Morgan fingerprint density at radius 1 is 1.30 bits per heavy atom. The lowest BCUT2D eigenvalue weighted by atomic mass is 9.75. The maximum atomic E-state index is 12.3. The van der Waals surface area contributed by atoms with Gasteiger partial charge in [-0.25, -0.2) is 4.98 Å². The molecule has 6 heteroatoms. The summed E-state index contributed by atoms with van der Waals surface area (Å²) in [4.78, 5) is 16.7. The van der Waals surface area contributed by atoms with Gasteiger partial charge in [-0.2, -0.15) is 5.21 Å². The van der Waals surface area contributed by atoms with Gasteiger partial charge in [0.25, 0.3) is 0 Å². The Morgan fingerprint density at radius 2 is 2.15 bits per heavy atom. The molecular formula is C14H13N5O. The highest BCUT2D eigenvalue weighted by atomic mass is 16.1. The monoisotopic (exact) mass is 267 g/mol. The summed E-state index contributed by atoms with van der Waals surface area (Å²) < 4.78 is 0. The summed E-state index contributed by atoms with van der Waals surface area (Å²) in [6, 6.07) is 3.57. The lowest BCUT2D eigenvalue weighted by Gasteiger charge is -2.28. The van der Waals surface area contributed by atoms with E-state index in [0.29, 0.717) is 17.1 Å². The zero-order valence-corrected chi connectivity index (χ0v) is 11.3. The van der Waals surface area contributed by atoms with E-state index in [2.05, 4.69) is 37.4 Å². The van der Waals surface area contributed by atoms with Crippen LogP contribution in [0.15, 0.2) is 12.1 Å². The number of H-pyrrole nitrogens is 1. The quantitative estimate of drug-likeness (QED) is 0.724. The molecule has 1 aliphatic rings. The van der Waals surface area contributed by atoms with Crippen LogP contribution in [0.5, 0.6) is 0 Å². The van der Waals surface area contributed by atoms with Gasteiger partial charge in [0.2, 0.25) is 5.82 Å². The van der Waals surface area contributed by atoms with E-state index in [1.54, 1.807) is 6.07 Å². The number of aromatic amines is 1. The molecule has 2 heterocycles. The number of hydrogen-bond donors (Lipinski definition) is 1. The fourth-order valence-electron chi connectivity index (χ4n) is 2.21. The fraction of sp³-hybridized carbons (Fsp3) is 0.357. The van der Waals surface area contributed by atoms with Gasteiger partial charge in [-0.05, 0) is 42.0 Å². The highest BCUT2D eigenvalue weighted by Crippen LogP contribution is 2.33. The molecule has 2 aromatic rings.